The van der Waals surface area contributed by atoms with E-state index in [2.05, 4.69) is 5.10 Å². The van der Waals surface area contributed by atoms with Crippen molar-refractivity contribution < 1.29 is 9.90 Å². The number of nitrogens with zero attached hydrogens (tertiary/aromatic N) is 4. The quantitative estimate of drug-likeness (QED) is 0.616. The largest absolute Gasteiger partial charge is 0.383 e. The molecule has 2 atom stereocenters. The van der Waals surface area contributed by atoms with E-state index < -0.39 is 12.1 Å². The van der Waals surface area contributed by atoms with Crippen molar-refractivity contribution in [3.05, 3.63) is 23.4 Å². The number of nitrogen functional groups attached to an aromatic ring is 1. The van der Waals surface area contributed by atoms with Crippen LogP contribution in [0.1, 0.15) is 54.7 Å². The molecule has 0 bridgehead atoms. The van der Waals surface area contributed by atoms with Crippen molar-refractivity contribution in [1.82, 2.24) is 19.6 Å². The van der Waals surface area contributed by atoms with Gasteiger partial charge in [0, 0.05) is 19.6 Å². The summed E-state index contributed by atoms with van der Waals surface area (Å²) in [6, 6.07) is 0.00579. The second-order valence-corrected chi connectivity index (χ2v) is 7.50. The number of primary amides is 1. The fourth-order valence-corrected chi connectivity index (χ4v) is 3.34. The third kappa shape index (κ3) is 4.63. The Bertz CT molecular complexity index is 652. The summed E-state index contributed by atoms with van der Waals surface area (Å²) in [6.07, 6.45) is 4.94. The first-order chi connectivity index (χ1) is 12.2. The Balaban J connectivity index is 2.18. The minimum absolute atomic E-state index is 0.00579. The number of piperidine rings is 1. The van der Waals surface area contributed by atoms with Crippen LogP contribution >= 0.6 is 0 Å². The van der Waals surface area contributed by atoms with Crippen LogP contribution in [0.3, 0.4) is 0 Å². The van der Waals surface area contributed by atoms with Crippen LogP contribution in [-0.2, 0) is 0 Å². The third-order valence-corrected chi connectivity index (χ3v) is 4.69. The van der Waals surface area contributed by atoms with Crippen LogP contribution in [0.4, 0.5) is 5.82 Å². The van der Waals surface area contributed by atoms with Crippen LogP contribution < -0.4 is 11.5 Å². The molecule has 0 aromatic carbocycles. The van der Waals surface area contributed by atoms with Gasteiger partial charge in [-0.3, -0.25) is 9.69 Å². The van der Waals surface area contributed by atoms with Gasteiger partial charge in [-0.05, 0) is 38.9 Å². The van der Waals surface area contributed by atoms with Crippen molar-refractivity contribution in [2.45, 2.75) is 44.9 Å². The molecule has 1 amide bonds. The van der Waals surface area contributed by atoms with Gasteiger partial charge in [0.2, 0.25) is 0 Å². The van der Waals surface area contributed by atoms with E-state index in [4.69, 9.17) is 11.5 Å². The molecule has 1 saturated heterocycles. The van der Waals surface area contributed by atoms with Gasteiger partial charge < -0.3 is 21.5 Å². The van der Waals surface area contributed by atoms with Crippen LogP contribution in [0.2, 0.25) is 0 Å². The molecular formula is C18H32N6O2. The van der Waals surface area contributed by atoms with Crippen molar-refractivity contribution in [2.75, 3.05) is 39.5 Å². The highest BCUT2D eigenvalue weighted by Crippen LogP contribution is 2.30. The van der Waals surface area contributed by atoms with Gasteiger partial charge in [-0.2, -0.15) is 5.10 Å². The first-order valence-electron chi connectivity index (χ1n) is 9.13. The van der Waals surface area contributed by atoms with Crippen molar-refractivity contribution in [3.8, 4) is 0 Å². The van der Waals surface area contributed by atoms with Crippen molar-refractivity contribution in [3.63, 3.8) is 0 Å². The topological polar surface area (TPSA) is 114 Å². The molecule has 1 aliphatic heterocycles. The summed E-state index contributed by atoms with van der Waals surface area (Å²) >= 11 is 0. The maximum atomic E-state index is 11.8. The van der Waals surface area contributed by atoms with E-state index in [1.54, 1.807) is 4.68 Å². The van der Waals surface area contributed by atoms with Crippen LogP contribution in [0.5, 0.6) is 0 Å². The lowest BCUT2D eigenvalue weighted by Gasteiger charge is -2.35. The number of carbonyl (C=O) groups excluding carboxylic acids is 1. The first kappa shape index (κ1) is 20.4. The molecule has 0 aliphatic carbocycles. The Kier molecular flexibility index (Phi) is 6.80. The van der Waals surface area contributed by atoms with E-state index in [1.165, 1.54) is 0 Å². The molecule has 1 aromatic rings. The van der Waals surface area contributed by atoms with Crippen molar-refractivity contribution >= 4 is 11.7 Å². The number of aromatic nitrogens is 2. The fraction of sp³-hybridized carbons (Fsp3) is 0.667. The molecule has 1 fully saturated rings. The Morgan fingerprint density at radius 1 is 1.46 bits per heavy atom. The van der Waals surface area contributed by atoms with Crippen LogP contribution in [-0.4, -0.2) is 70.6 Å². The predicted molar refractivity (Wildman–Crippen MR) is 103 cm³/mol. The number of aliphatic hydroxyl groups excluding tert-OH is 1. The van der Waals surface area contributed by atoms with Gasteiger partial charge in [0.1, 0.15) is 17.6 Å². The summed E-state index contributed by atoms with van der Waals surface area (Å²) < 4.78 is 1.72. The van der Waals surface area contributed by atoms with Crippen LogP contribution in [0, 0.1) is 0 Å². The number of rotatable bonds is 7. The number of likely N-dealkylation sites (N-methyl/N-ethyl adjacent to an activating group) is 1. The maximum absolute atomic E-state index is 11.8. The second kappa shape index (κ2) is 8.66. The standard InChI is InChI=1S/C18H32N6O2/c1-12(2)16-15(18(20)26)17(19)24(21-16)13-7-5-10-23(11-13)14(25)8-6-9-22(3)4/h6,8,12-14,25H,5,7,9-11,19H2,1-4H3,(H2,20,26)/b8-6+. The molecule has 1 aliphatic rings. The monoisotopic (exact) mass is 364 g/mol. The van der Waals surface area contributed by atoms with Crippen molar-refractivity contribution in [1.29, 1.82) is 0 Å². The summed E-state index contributed by atoms with van der Waals surface area (Å²) in [5, 5.41) is 15.0. The highest BCUT2D eigenvalue weighted by molar-refractivity contribution is 5.98. The van der Waals surface area contributed by atoms with E-state index in [0.29, 0.717) is 23.6 Å². The number of hydrogen-bond donors (Lipinski definition) is 3. The summed E-state index contributed by atoms with van der Waals surface area (Å²) in [5.41, 5.74) is 12.7. The molecule has 2 heterocycles. The van der Waals surface area contributed by atoms with Gasteiger partial charge >= 0.3 is 0 Å². The van der Waals surface area contributed by atoms with Gasteiger partial charge in [-0.1, -0.05) is 19.9 Å². The molecule has 2 rings (SSSR count). The summed E-state index contributed by atoms with van der Waals surface area (Å²) in [4.78, 5) is 15.8. The molecule has 5 N–H and O–H groups in total. The highest BCUT2D eigenvalue weighted by atomic mass is 16.3. The van der Waals surface area contributed by atoms with E-state index in [-0.39, 0.29) is 12.0 Å². The number of hydrogen-bond acceptors (Lipinski definition) is 6. The maximum Gasteiger partial charge on any atom is 0.254 e. The van der Waals surface area contributed by atoms with Gasteiger partial charge in [0.05, 0.1) is 11.7 Å². The highest BCUT2D eigenvalue weighted by Gasteiger charge is 2.30. The number of nitrogens with two attached hydrogens (primary N) is 2. The first-order valence-corrected chi connectivity index (χ1v) is 9.13. The van der Waals surface area contributed by atoms with Gasteiger partial charge in [-0.25, -0.2) is 4.68 Å². The lowest BCUT2D eigenvalue weighted by Crippen LogP contribution is -2.43. The minimum Gasteiger partial charge on any atom is -0.383 e. The predicted octanol–water partition coefficient (Wildman–Crippen LogP) is 0.761. The van der Waals surface area contributed by atoms with E-state index in [1.807, 2.05) is 49.9 Å². The average Bonchev–Trinajstić information content (AvgIpc) is 2.92. The fourth-order valence-electron chi connectivity index (χ4n) is 3.34. The minimum atomic E-state index is -0.644. The summed E-state index contributed by atoms with van der Waals surface area (Å²) in [6.45, 7) is 6.14. The summed E-state index contributed by atoms with van der Waals surface area (Å²) in [5.74, 6) is -0.164. The second-order valence-electron chi connectivity index (χ2n) is 7.50. The Hall–Kier alpha value is -1.90. The molecule has 26 heavy (non-hydrogen) atoms. The average molecular weight is 364 g/mol. The van der Waals surface area contributed by atoms with E-state index in [9.17, 15) is 9.90 Å². The molecule has 8 nitrogen and oxygen atoms in total. The Morgan fingerprint density at radius 2 is 2.15 bits per heavy atom. The number of likely N-dealkylation sites (tertiary alicyclic amines) is 1. The normalized spacial score (nSPS) is 20.3. The zero-order valence-electron chi connectivity index (χ0n) is 16.2. The lowest BCUT2D eigenvalue weighted by atomic mass is 10.0. The molecule has 0 radical (unpaired) electrons. The molecule has 2 unspecified atom stereocenters. The zero-order chi connectivity index (χ0) is 19.4. The van der Waals surface area contributed by atoms with E-state index >= 15 is 0 Å². The Morgan fingerprint density at radius 3 is 2.69 bits per heavy atom. The molecule has 8 heteroatoms. The van der Waals surface area contributed by atoms with Crippen molar-refractivity contribution in [2.24, 2.45) is 5.73 Å². The van der Waals surface area contributed by atoms with Crippen LogP contribution in [0.25, 0.3) is 0 Å². The smallest absolute Gasteiger partial charge is 0.254 e. The molecular weight excluding hydrogens is 332 g/mol. The number of anilines is 1. The van der Waals surface area contributed by atoms with Crippen LogP contribution in [0.15, 0.2) is 12.2 Å². The van der Waals surface area contributed by atoms with Gasteiger partial charge in [0.15, 0.2) is 0 Å². The number of amides is 1. The number of aliphatic hydroxyl groups is 1. The van der Waals surface area contributed by atoms with E-state index in [0.717, 1.165) is 25.9 Å². The lowest BCUT2D eigenvalue weighted by molar-refractivity contribution is 0.0119. The molecule has 0 saturated carbocycles. The van der Waals surface area contributed by atoms with Gasteiger partial charge in [-0.15, -0.1) is 0 Å². The number of carbonyl (C=O) groups is 1. The Labute approximate surface area is 155 Å². The molecule has 1 aromatic heterocycles. The van der Waals surface area contributed by atoms with Gasteiger partial charge in [0.25, 0.3) is 5.91 Å². The molecule has 146 valence electrons. The SMILES string of the molecule is CC(C)c1nn(C2CCCN(C(O)/C=C/CN(C)C)C2)c(N)c1C(N)=O. The summed E-state index contributed by atoms with van der Waals surface area (Å²) in [7, 11) is 3.97. The third-order valence-electron chi connectivity index (χ3n) is 4.69. The zero-order valence-corrected chi connectivity index (χ0v) is 16.2. The molecule has 0 spiro atoms.